The van der Waals surface area contributed by atoms with E-state index < -0.39 is 0 Å². The van der Waals surface area contributed by atoms with Crippen molar-refractivity contribution in [3.63, 3.8) is 0 Å². The molecule has 1 rings (SSSR count). The van der Waals surface area contributed by atoms with Gasteiger partial charge in [0, 0.05) is 20.1 Å². The lowest BCUT2D eigenvalue weighted by atomic mass is 9.96. The Morgan fingerprint density at radius 2 is 2.06 bits per heavy atom. The minimum Gasteiger partial charge on any atom is -0.359 e. The fraction of sp³-hybridized carbons (Fsp3) is 0.833. The lowest BCUT2D eigenvalue weighted by Gasteiger charge is -2.33. The molecule has 2 unspecified atom stereocenters. The molecule has 17 heavy (non-hydrogen) atoms. The third-order valence-corrected chi connectivity index (χ3v) is 4.62. The van der Waals surface area contributed by atoms with Crippen LogP contribution >= 0.6 is 15.9 Å². The molecule has 0 radical (unpaired) electrons. The van der Waals surface area contributed by atoms with Gasteiger partial charge in [0.1, 0.15) is 0 Å². The van der Waals surface area contributed by atoms with Crippen molar-refractivity contribution in [3.05, 3.63) is 0 Å². The highest BCUT2D eigenvalue weighted by molar-refractivity contribution is 9.10. The van der Waals surface area contributed by atoms with Gasteiger partial charge in [0.25, 0.3) is 0 Å². The number of halogens is 1. The Kier molecular flexibility index (Phi) is 5.43. The van der Waals surface area contributed by atoms with Gasteiger partial charge in [-0.2, -0.15) is 0 Å². The van der Waals surface area contributed by atoms with Crippen LogP contribution in [0.15, 0.2) is 0 Å². The largest absolute Gasteiger partial charge is 0.359 e. The number of carbonyl (C=O) groups excluding carboxylic acids is 2. The highest BCUT2D eigenvalue weighted by atomic mass is 79.9. The van der Waals surface area contributed by atoms with Crippen molar-refractivity contribution in [2.75, 3.05) is 20.1 Å². The van der Waals surface area contributed by atoms with E-state index in [0.717, 1.165) is 19.4 Å². The second-order valence-electron chi connectivity index (χ2n) is 4.88. The quantitative estimate of drug-likeness (QED) is 0.801. The van der Waals surface area contributed by atoms with Crippen LogP contribution in [-0.2, 0) is 9.59 Å². The van der Waals surface area contributed by atoms with E-state index in [0.29, 0.717) is 6.54 Å². The van der Waals surface area contributed by atoms with Crippen LogP contribution in [0.2, 0.25) is 0 Å². The molecule has 1 heterocycles. The zero-order valence-electron chi connectivity index (χ0n) is 10.7. The SMILES string of the molecule is CNC(=O)C1CCCN(C(=O)C(Br)C(C)C)C1. The maximum atomic E-state index is 12.1. The molecule has 1 aliphatic rings. The van der Waals surface area contributed by atoms with Crippen molar-refractivity contribution in [2.24, 2.45) is 11.8 Å². The summed E-state index contributed by atoms with van der Waals surface area (Å²) in [7, 11) is 1.64. The topological polar surface area (TPSA) is 49.4 Å². The first-order valence-corrected chi connectivity index (χ1v) is 7.03. The maximum Gasteiger partial charge on any atom is 0.236 e. The van der Waals surface area contributed by atoms with Crippen LogP contribution in [0.25, 0.3) is 0 Å². The predicted octanol–water partition coefficient (Wildman–Crippen LogP) is 1.39. The first kappa shape index (κ1) is 14.5. The van der Waals surface area contributed by atoms with E-state index in [-0.39, 0.29) is 28.5 Å². The number of hydrogen-bond donors (Lipinski definition) is 1. The Bertz CT molecular complexity index is 294. The fourth-order valence-electron chi connectivity index (χ4n) is 2.06. The summed E-state index contributed by atoms with van der Waals surface area (Å²) in [5, 5.41) is 2.66. The molecular formula is C12H21BrN2O2. The molecule has 0 bridgehead atoms. The number of amides is 2. The third-order valence-electron chi connectivity index (χ3n) is 3.17. The number of hydrogen-bond acceptors (Lipinski definition) is 2. The van der Waals surface area contributed by atoms with Gasteiger partial charge in [-0.1, -0.05) is 29.8 Å². The number of nitrogens with one attached hydrogen (secondary N) is 1. The van der Waals surface area contributed by atoms with Crippen LogP contribution in [0, 0.1) is 11.8 Å². The zero-order chi connectivity index (χ0) is 13.0. The summed E-state index contributed by atoms with van der Waals surface area (Å²) in [5.41, 5.74) is 0. The number of carbonyl (C=O) groups is 2. The Morgan fingerprint density at radius 3 is 2.59 bits per heavy atom. The second-order valence-corrected chi connectivity index (χ2v) is 5.87. The molecule has 0 aliphatic carbocycles. The van der Waals surface area contributed by atoms with E-state index in [1.54, 1.807) is 7.05 Å². The van der Waals surface area contributed by atoms with Crippen LogP contribution in [-0.4, -0.2) is 41.7 Å². The average molecular weight is 305 g/mol. The van der Waals surface area contributed by atoms with E-state index in [4.69, 9.17) is 0 Å². The van der Waals surface area contributed by atoms with E-state index >= 15 is 0 Å². The van der Waals surface area contributed by atoms with E-state index in [1.165, 1.54) is 0 Å². The Hall–Kier alpha value is -0.580. The summed E-state index contributed by atoms with van der Waals surface area (Å²) in [6, 6.07) is 0. The molecule has 0 aromatic heterocycles. The van der Waals surface area contributed by atoms with Gasteiger partial charge in [0.15, 0.2) is 0 Å². The van der Waals surface area contributed by atoms with Crippen molar-refractivity contribution in [1.82, 2.24) is 10.2 Å². The predicted molar refractivity (Wildman–Crippen MR) is 70.9 cm³/mol. The summed E-state index contributed by atoms with van der Waals surface area (Å²) in [5.74, 6) is 0.360. The molecule has 2 amide bonds. The number of alkyl halides is 1. The van der Waals surface area contributed by atoms with Crippen molar-refractivity contribution in [1.29, 1.82) is 0 Å². The summed E-state index contributed by atoms with van der Waals surface area (Å²) >= 11 is 3.43. The molecule has 1 saturated heterocycles. The minimum absolute atomic E-state index is 0.0400. The summed E-state index contributed by atoms with van der Waals surface area (Å²) in [6.07, 6.45) is 1.78. The first-order valence-electron chi connectivity index (χ1n) is 6.11. The third kappa shape index (κ3) is 3.69. The van der Waals surface area contributed by atoms with Crippen LogP contribution in [0.5, 0.6) is 0 Å². The van der Waals surface area contributed by atoms with Gasteiger partial charge in [-0.05, 0) is 18.8 Å². The van der Waals surface area contributed by atoms with Crippen molar-refractivity contribution < 1.29 is 9.59 Å². The smallest absolute Gasteiger partial charge is 0.236 e. The standard InChI is InChI=1S/C12H21BrN2O2/c1-8(2)10(13)12(17)15-6-4-5-9(7-15)11(16)14-3/h8-10H,4-7H2,1-3H3,(H,14,16). The lowest BCUT2D eigenvalue weighted by molar-refractivity contribution is -0.135. The van der Waals surface area contributed by atoms with Crippen LogP contribution in [0.4, 0.5) is 0 Å². The van der Waals surface area contributed by atoms with Crippen molar-refractivity contribution in [2.45, 2.75) is 31.5 Å². The highest BCUT2D eigenvalue weighted by Gasteiger charge is 2.31. The summed E-state index contributed by atoms with van der Waals surface area (Å²) in [4.78, 5) is 25.4. The Morgan fingerprint density at radius 1 is 1.41 bits per heavy atom. The molecule has 4 nitrogen and oxygen atoms in total. The zero-order valence-corrected chi connectivity index (χ0v) is 12.3. The molecule has 0 aromatic rings. The molecular weight excluding hydrogens is 284 g/mol. The van der Waals surface area contributed by atoms with Gasteiger partial charge in [0.2, 0.25) is 11.8 Å². The van der Waals surface area contributed by atoms with Crippen molar-refractivity contribution in [3.8, 4) is 0 Å². The highest BCUT2D eigenvalue weighted by Crippen LogP contribution is 2.21. The molecule has 1 aliphatic heterocycles. The molecule has 98 valence electrons. The Labute approximate surface area is 111 Å². The Balaban J connectivity index is 2.60. The van der Waals surface area contributed by atoms with Gasteiger partial charge in [-0.15, -0.1) is 0 Å². The second kappa shape index (κ2) is 6.38. The summed E-state index contributed by atoms with van der Waals surface area (Å²) < 4.78 is 0. The lowest BCUT2D eigenvalue weighted by Crippen LogP contribution is -2.47. The van der Waals surface area contributed by atoms with Gasteiger partial charge in [-0.25, -0.2) is 0 Å². The molecule has 2 atom stereocenters. The van der Waals surface area contributed by atoms with Gasteiger partial charge in [-0.3, -0.25) is 9.59 Å². The van der Waals surface area contributed by atoms with Crippen LogP contribution < -0.4 is 5.32 Å². The van der Waals surface area contributed by atoms with E-state index in [9.17, 15) is 9.59 Å². The molecule has 1 fully saturated rings. The normalized spacial score (nSPS) is 22.4. The molecule has 1 N–H and O–H groups in total. The monoisotopic (exact) mass is 304 g/mol. The van der Waals surface area contributed by atoms with E-state index in [1.807, 2.05) is 18.7 Å². The van der Waals surface area contributed by atoms with Gasteiger partial charge >= 0.3 is 0 Å². The van der Waals surface area contributed by atoms with Crippen molar-refractivity contribution >= 4 is 27.7 Å². The molecule has 0 aromatic carbocycles. The van der Waals surface area contributed by atoms with E-state index in [2.05, 4.69) is 21.2 Å². The number of rotatable bonds is 3. The maximum absolute atomic E-state index is 12.1. The van der Waals surface area contributed by atoms with Gasteiger partial charge < -0.3 is 10.2 Å². The average Bonchev–Trinajstić information content (AvgIpc) is 2.36. The van der Waals surface area contributed by atoms with Gasteiger partial charge in [0.05, 0.1) is 10.7 Å². The molecule has 0 saturated carbocycles. The van der Waals surface area contributed by atoms with Crippen LogP contribution in [0.1, 0.15) is 26.7 Å². The fourth-order valence-corrected chi connectivity index (χ4v) is 2.34. The molecule has 5 heteroatoms. The van der Waals surface area contributed by atoms with Crippen LogP contribution in [0.3, 0.4) is 0 Å². The minimum atomic E-state index is -0.147. The first-order chi connectivity index (χ1) is 7.97. The molecule has 0 spiro atoms. The summed E-state index contributed by atoms with van der Waals surface area (Å²) in [6.45, 7) is 5.34. The number of likely N-dealkylation sites (tertiary alicyclic amines) is 1. The number of nitrogens with zero attached hydrogens (tertiary/aromatic N) is 1. The number of piperidine rings is 1.